The molecule has 3 unspecified atom stereocenters. The highest BCUT2D eigenvalue weighted by molar-refractivity contribution is 4.91. The summed E-state index contributed by atoms with van der Waals surface area (Å²) in [5.74, 6) is 0.855. The van der Waals surface area contributed by atoms with E-state index < -0.39 is 0 Å². The molecule has 0 aromatic carbocycles. The van der Waals surface area contributed by atoms with Gasteiger partial charge < -0.3 is 10.2 Å². The Morgan fingerprint density at radius 2 is 2.06 bits per heavy atom. The summed E-state index contributed by atoms with van der Waals surface area (Å²) in [5.41, 5.74) is 0. The van der Waals surface area contributed by atoms with E-state index in [1.165, 1.54) is 58.3 Å². The topological polar surface area (TPSA) is 18.5 Å². The minimum atomic E-state index is 0.770. The van der Waals surface area contributed by atoms with Crippen LogP contribution in [0.2, 0.25) is 0 Å². The van der Waals surface area contributed by atoms with Gasteiger partial charge in [0.2, 0.25) is 0 Å². The molecule has 2 aliphatic rings. The lowest BCUT2D eigenvalue weighted by atomic mass is 9.87. The Labute approximate surface area is 113 Å². The number of piperidine rings is 2. The van der Waals surface area contributed by atoms with E-state index in [0.29, 0.717) is 0 Å². The van der Waals surface area contributed by atoms with Crippen molar-refractivity contribution in [1.82, 2.24) is 15.1 Å². The average Bonchev–Trinajstić information content (AvgIpc) is 2.39. The van der Waals surface area contributed by atoms with Crippen LogP contribution in [0, 0.1) is 5.92 Å². The molecule has 0 amide bonds. The van der Waals surface area contributed by atoms with Crippen LogP contribution in [-0.2, 0) is 0 Å². The Morgan fingerprint density at radius 1 is 1.22 bits per heavy atom. The summed E-state index contributed by atoms with van der Waals surface area (Å²) >= 11 is 0. The van der Waals surface area contributed by atoms with Gasteiger partial charge in [-0.1, -0.05) is 13.3 Å². The fourth-order valence-corrected chi connectivity index (χ4v) is 3.86. The molecule has 0 saturated carbocycles. The van der Waals surface area contributed by atoms with E-state index in [1.54, 1.807) is 0 Å². The summed E-state index contributed by atoms with van der Waals surface area (Å²) in [6, 6.07) is 1.61. The third kappa shape index (κ3) is 3.46. The van der Waals surface area contributed by atoms with Crippen molar-refractivity contribution in [2.75, 3.05) is 40.3 Å². The van der Waals surface area contributed by atoms with E-state index in [0.717, 1.165) is 18.0 Å². The van der Waals surface area contributed by atoms with Crippen LogP contribution < -0.4 is 5.32 Å². The van der Waals surface area contributed by atoms with Crippen LogP contribution in [0.1, 0.15) is 39.0 Å². The van der Waals surface area contributed by atoms with E-state index in [4.69, 9.17) is 0 Å². The molecule has 106 valence electrons. The van der Waals surface area contributed by atoms with Crippen molar-refractivity contribution in [3.8, 4) is 0 Å². The van der Waals surface area contributed by atoms with Crippen LogP contribution in [-0.4, -0.2) is 62.2 Å². The number of likely N-dealkylation sites (tertiary alicyclic amines) is 1. The Bertz CT molecular complexity index is 242. The molecule has 0 spiro atoms. The normalized spacial score (nSPS) is 35.0. The lowest BCUT2D eigenvalue weighted by Gasteiger charge is -2.47. The van der Waals surface area contributed by atoms with Crippen molar-refractivity contribution in [3.05, 3.63) is 0 Å². The maximum Gasteiger partial charge on any atom is 0.0264 e. The first-order valence-electron chi connectivity index (χ1n) is 7.83. The molecule has 0 aromatic heterocycles. The van der Waals surface area contributed by atoms with Gasteiger partial charge in [0.25, 0.3) is 0 Å². The van der Waals surface area contributed by atoms with Crippen LogP contribution in [0.3, 0.4) is 0 Å². The van der Waals surface area contributed by atoms with Crippen LogP contribution >= 0.6 is 0 Å². The fourth-order valence-electron chi connectivity index (χ4n) is 3.86. The van der Waals surface area contributed by atoms with Crippen molar-refractivity contribution >= 4 is 0 Å². The average molecular weight is 253 g/mol. The van der Waals surface area contributed by atoms with Gasteiger partial charge in [0, 0.05) is 25.2 Å². The quantitative estimate of drug-likeness (QED) is 0.824. The minimum Gasteiger partial charge on any atom is -0.315 e. The summed E-state index contributed by atoms with van der Waals surface area (Å²) in [5, 5.41) is 3.62. The molecule has 0 radical (unpaired) electrons. The molecule has 18 heavy (non-hydrogen) atoms. The highest BCUT2D eigenvalue weighted by atomic mass is 15.2. The molecule has 0 bridgehead atoms. The molecular weight excluding hydrogens is 222 g/mol. The second-order valence-corrected chi connectivity index (χ2v) is 6.38. The predicted octanol–water partition coefficient (Wildman–Crippen LogP) is 1.79. The number of rotatable bonds is 4. The zero-order valence-corrected chi connectivity index (χ0v) is 12.5. The molecule has 3 heteroatoms. The Morgan fingerprint density at radius 3 is 2.78 bits per heavy atom. The van der Waals surface area contributed by atoms with Crippen molar-refractivity contribution in [2.45, 2.75) is 51.1 Å². The summed E-state index contributed by atoms with van der Waals surface area (Å²) in [4.78, 5) is 5.21. The van der Waals surface area contributed by atoms with E-state index >= 15 is 0 Å². The summed E-state index contributed by atoms with van der Waals surface area (Å²) < 4.78 is 0. The SMILES string of the molecule is CCC1CCCCN1C1CNCCC1CN(C)C. The first-order chi connectivity index (χ1) is 8.72. The lowest BCUT2D eigenvalue weighted by molar-refractivity contribution is 0.0363. The number of hydrogen-bond acceptors (Lipinski definition) is 3. The van der Waals surface area contributed by atoms with Crippen molar-refractivity contribution in [1.29, 1.82) is 0 Å². The maximum absolute atomic E-state index is 3.62. The van der Waals surface area contributed by atoms with Gasteiger partial charge in [-0.2, -0.15) is 0 Å². The molecule has 3 atom stereocenters. The van der Waals surface area contributed by atoms with E-state index in [9.17, 15) is 0 Å². The molecule has 2 aliphatic heterocycles. The Kier molecular flexibility index (Phi) is 5.46. The standard InChI is InChI=1S/C15H31N3/c1-4-14-7-5-6-10-18(14)15-11-16-9-8-13(15)12-17(2)3/h13-16H,4-12H2,1-3H3. The van der Waals surface area contributed by atoms with Gasteiger partial charge in [-0.3, -0.25) is 4.90 Å². The number of hydrogen-bond donors (Lipinski definition) is 1. The molecule has 2 heterocycles. The highest BCUT2D eigenvalue weighted by Crippen LogP contribution is 2.27. The molecule has 0 aromatic rings. The summed E-state index contributed by atoms with van der Waals surface area (Å²) in [6.07, 6.45) is 6.93. The van der Waals surface area contributed by atoms with Gasteiger partial charge in [-0.15, -0.1) is 0 Å². The monoisotopic (exact) mass is 253 g/mol. The smallest absolute Gasteiger partial charge is 0.0264 e. The third-order valence-electron chi connectivity index (χ3n) is 4.76. The van der Waals surface area contributed by atoms with E-state index in [2.05, 4.69) is 36.1 Å². The van der Waals surface area contributed by atoms with E-state index in [1.807, 2.05) is 0 Å². The first kappa shape index (κ1) is 14.3. The molecule has 2 fully saturated rings. The van der Waals surface area contributed by atoms with Crippen LogP contribution in [0.4, 0.5) is 0 Å². The van der Waals surface area contributed by atoms with Crippen molar-refractivity contribution in [3.63, 3.8) is 0 Å². The molecule has 1 N–H and O–H groups in total. The van der Waals surface area contributed by atoms with Crippen molar-refractivity contribution < 1.29 is 0 Å². The molecule has 2 saturated heterocycles. The summed E-state index contributed by atoms with van der Waals surface area (Å²) in [6.45, 7) is 7.35. The largest absolute Gasteiger partial charge is 0.315 e. The van der Waals surface area contributed by atoms with Crippen LogP contribution in [0.25, 0.3) is 0 Å². The highest BCUT2D eigenvalue weighted by Gasteiger charge is 2.34. The first-order valence-corrected chi connectivity index (χ1v) is 7.83. The zero-order valence-electron chi connectivity index (χ0n) is 12.5. The second-order valence-electron chi connectivity index (χ2n) is 6.38. The third-order valence-corrected chi connectivity index (χ3v) is 4.76. The molecule has 3 nitrogen and oxygen atoms in total. The van der Waals surface area contributed by atoms with Gasteiger partial charge in [-0.25, -0.2) is 0 Å². The van der Waals surface area contributed by atoms with Gasteiger partial charge in [-0.05, 0) is 58.8 Å². The summed E-state index contributed by atoms with van der Waals surface area (Å²) in [7, 11) is 4.43. The zero-order chi connectivity index (χ0) is 13.0. The fraction of sp³-hybridized carbons (Fsp3) is 1.00. The minimum absolute atomic E-state index is 0.770. The second kappa shape index (κ2) is 6.88. The van der Waals surface area contributed by atoms with E-state index in [-0.39, 0.29) is 0 Å². The van der Waals surface area contributed by atoms with Crippen LogP contribution in [0.5, 0.6) is 0 Å². The predicted molar refractivity (Wildman–Crippen MR) is 78.0 cm³/mol. The van der Waals surface area contributed by atoms with Gasteiger partial charge in [0.1, 0.15) is 0 Å². The Hall–Kier alpha value is -0.120. The van der Waals surface area contributed by atoms with Crippen LogP contribution in [0.15, 0.2) is 0 Å². The van der Waals surface area contributed by atoms with Gasteiger partial charge >= 0.3 is 0 Å². The maximum atomic E-state index is 3.62. The van der Waals surface area contributed by atoms with Crippen molar-refractivity contribution in [2.24, 2.45) is 5.92 Å². The molecular formula is C15H31N3. The molecule has 0 aliphatic carbocycles. The molecule has 2 rings (SSSR count). The van der Waals surface area contributed by atoms with Gasteiger partial charge in [0.15, 0.2) is 0 Å². The Balaban J connectivity index is 2.01. The number of nitrogens with zero attached hydrogens (tertiary/aromatic N) is 2. The van der Waals surface area contributed by atoms with Gasteiger partial charge in [0.05, 0.1) is 0 Å². The number of nitrogens with one attached hydrogen (secondary N) is 1. The lowest BCUT2D eigenvalue weighted by Crippen LogP contribution is -2.57.